The molecule has 3 aliphatic rings. The summed E-state index contributed by atoms with van der Waals surface area (Å²) in [5.41, 5.74) is 4.26. The number of rotatable bonds is 7. The Morgan fingerprint density at radius 2 is 1.12 bits per heavy atom. The highest BCUT2D eigenvalue weighted by molar-refractivity contribution is 7.74. The Labute approximate surface area is 205 Å². The zero-order chi connectivity index (χ0) is 22.5. The molecule has 3 saturated carbocycles. The van der Waals surface area contributed by atoms with Crippen molar-refractivity contribution in [2.24, 2.45) is 0 Å². The van der Waals surface area contributed by atoms with Crippen LogP contribution in [0.4, 0.5) is 0 Å². The second-order valence-electron chi connectivity index (χ2n) is 10.1. The van der Waals surface area contributed by atoms with Gasteiger partial charge in [0.2, 0.25) is 0 Å². The highest BCUT2D eigenvalue weighted by Crippen LogP contribution is 2.69. The van der Waals surface area contributed by atoms with Crippen LogP contribution in [0.15, 0.2) is 60.7 Å². The van der Waals surface area contributed by atoms with Crippen LogP contribution in [-0.4, -0.2) is 17.0 Å². The minimum absolute atomic E-state index is 0.0605. The zero-order valence-electron chi connectivity index (χ0n) is 20.2. The van der Waals surface area contributed by atoms with Crippen molar-refractivity contribution in [3.05, 3.63) is 91.5 Å². The summed E-state index contributed by atoms with van der Waals surface area (Å²) in [4.78, 5) is 0. The molecule has 5 radical (unpaired) electrons. The van der Waals surface area contributed by atoms with Crippen LogP contribution < -0.4 is 10.6 Å². The smallest absolute Gasteiger partial charge is 0.0120 e. The molecule has 0 heterocycles. The van der Waals surface area contributed by atoms with Crippen LogP contribution in [0.5, 0.6) is 0 Å². The second-order valence-corrected chi connectivity index (χ2v) is 15.4. The summed E-state index contributed by atoms with van der Waals surface area (Å²) < 4.78 is 0. The fraction of sp³-hybridized carbons (Fsp3) is 0.452. The van der Waals surface area contributed by atoms with Crippen LogP contribution in [0, 0.1) is 30.8 Å². The maximum atomic E-state index is 2.56. The van der Waals surface area contributed by atoms with Crippen molar-refractivity contribution < 1.29 is 0 Å². The van der Waals surface area contributed by atoms with Gasteiger partial charge in [0.1, 0.15) is 0 Å². The van der Waals surface area contributed by atoms with Crippen molar-refractivity contribution in [2.75, 3.05) is 0 Å². The fourth-order valence-electron chi connectivity index (χ4n) is 6.34. The Hall–Kier alpha value is -0.700. The van der Waals surface area contributed by atoms with E-state index in [1.165, 1.54) is 74.8 Å². The maximum absolute atomic E-state index is 2.56. The Morgan fingerprint density at radius 1 is 0.636 bits per heavy atom. The van der Waals surface area contributed by atoms with Gasteiger partial charge in [-0.05, 0) is 86.4 Å². The molecule has 2 aromatic carbocycles. The molecule has 1 unspecified atom stereocenters. The van der Waals surface area contributed by atoms with Gasteiger partial charge < -0.3 is 0 Å². The van der Waals surface area contributed by atoms with Gasteiger partial charge in [-0.3, -0.25) is 0 Å². The summed E-state index contributed by atoms with van der Waals surface area (Å²) in [5.74, 6) is 1.68. The molecular weight excluding hydrogens is 434 g/mol. The van der Waals surface area contributed by atoms with Crippen LogP contribution in [-0.2, 0) is 0 Å². The Morgan fingerprint density at radius 3 is 1.61 bits per heavy atom. The lowest BCUT2D eigenvalue weighted by atomic mass is 9.99. The van der Waals surface area contributed by atoms with Gasteiger partial charge in [0.15, 0.2) is 0 Å². The first-order valence-electron chi connectivity index (χ1n) is 13.3. The largest absolute Gasteiger partial charge is 0.0921 e. The van der Waals surface area contributed by atoms with Gasteiger partial charge in [-0.15, -0.1) is 0 Å². The van der Waals surface area contributed by atoms with E-state index in [-0.39, 0.29) is 7.92 Å². The molecule has 1 atom stereocenters. The quantitative estimate of drug-likeness (QED) is 0.354. The summed E-state index contributed by atoms with van der Waals surface area (Å²) in [5, 5.41) is 3.02. The molecule has 33 heavy (non-hydrogen) atoms. The first-order valence-corrected chi connectivity index (χ1v) is 16.2. The van der Waals surface area contributed by atoms with Gasteiger partial charge in [0, 0.05) is 5.66 Å². The molecule has 0 aromatic heterocycles. The van der Waals surface area contributed by atoms with E-state index >= 15 is 0 Å². The van der Waals surface area contributed by atoms with Crippen LogP contribution >= 0.6 is 15.8 Å². The molecule has 173 valence electrons. The van der Waals surface area contributed by atoms with Gasteiger partial charge >= 0.3 is 0 Å². The van der Waals surface area contributed by atoms with Crippen LogP contribution in [0.1, 0.15) is 71.1 Å². The van der Waals surface area contributed by atoms with E-state index in [9.17, 15) is 0 Å². The van der Waals surface area contributed by atoms with Crippen molar-refractivity contribution in [1.29, 1.82) is 0 Å². The summed E-state index contributed by atoms with van der Waals surface area (Å²) >= 11 is 0. The average molecular weight is 474 g/mol. The minimum atomic E-state index is -0.428. The van der Waals surface area contributed by atoms with E-state index in [0.717, 1.165) is 11.3 Å². The van der Waals surface area contributed by atoms with Crippen molar-refractivity contribution in [3.8, 4) is 0 Å². The molecule has 0 amide bonds. The van der Waals surface area contributed by atoms with Crippen molar-refractivity contribution in [2.45, 2.75) is 88.1 Å². The summed E-state index contributed by atoms with van der Waals surface area (Å²) in [6, 6.07) is 22.7. The van der Waals surface area contributed by atoms with Gasteiger partial charge in [-0.25, -0.2) is 0 Å². The molecule has 0 aliphatic heterocycles. The summed E-state index contributed by atoms with van der Waals surface area (Å²) in [6.45, 7) is 2.53. The lowest BCUT2D eigenvalue weighted by molar-refractivity contribution is 0.484. The topological polar surface area (TPSA) is 0 Å². The van der Waals surface area contributed by atoms with Crippen molar-refractivity contribution in [3.63, 3.8) is 0 Å². The van der Waals surface area contributed by atoms with Gasteiger partial charge in [0.05, 0.1) is 0 Å². The molecule has 0 nitrogen and oxygen atoms in total. The fourth-order valence-corrected chi connectivity index (χ4v) is 13.2. The number of benzene rings is 2. The molecular formula is C31H39P2. The highest BCUT2D eigenvalue weighted by Gasteiger charge is 2.46. The van der Waals surface area contributed by atoms with Crippen LogP contribution in [0.3, 0.4) is 0 Å². The van der Waals surface area contributed by atoms with E-state index in [1.807, 2.05) is 0 Å². The first kappa shape index (κ1) is 24.0. The normalized spacial score (nSPS) is 22.9. The summed E-state index contributed by atoms with van der Waals surface area (Å²) in [7, 11) is -0.489. The molecule has 2 heteroatoms. The monoisotopic (exact) mass is 473 g/mol. The van der Waals surface area contributed by atoms with Crippen LogP contribution in [0.25, 0.3) is 0 Å². The zero-order valence-corrected chi connectivity index (χ0v) is 22.0. The first-order chi connectivity index (χ1) is 16.3. The third-order valence-electron chi connectivity index (χ3n) is 7.95. The van der Waals surface area contributed by atoms with Gasteiger partial charge in [-0.1, -0.05) is 114 Å². The van der Waals surface area contributed by atoms with Crippen LogP contribution in [0.2, 0.25) is 0 Å². The van der Waals surface area contributed by atoms with Gasteiger partial charge in [-0.2, -0.15) is 0 Å². The highest BCUT2D eigenvalue weighted by atomic mass is 31.1. The number of hydrogen-bond acceptors (Lipinski definition) is 0. The average Bonchev–Trinajstić information content (AvgIpc) is 3.36. The molecule has 0 N–H and O–H groups in total. The van der Waals surface area contributed by atoms with Crippen molar-refractivity contribution in [1.82, 2.24) is 0 Å². The van der Waals surface area contributed by atoms with E-state index in [0.29, 0.717) is 5.66 Å². The molecule has 5 rings (SSSR count). The lowest BCUT2D eigenvalue weighted by Gasteiger charge is -2.45. The Balaban J connectivity index is 1.45. The molecule has 0 spiro atoms. The number of hydrogen-bond donors (Lipinski definition) is 0. The second kappa shape index (κ2) is 11.8. The van der Waals surface area contributed by atoms with Crippen molar-refractivity contribution >= 4 is 26.5 Å². The van der Waals surface area contributed by atoms with E-state index in [4.69, 9.17) is 0 Å². The third-order valence-corrected chi connectivity index (χ3v) is 14.3. The molecule has 0 saturated heterocycles. The molecule has 3 fully saturated rings. The third kappa shape index (κ3) is 5.60. The predicted molar refractivity (Wildman–Crippen MR) is 149 cm³/mol. The van der Waals surface area contributed by atoms with Gasteiger partial charge in [0.25, 0.3) is 0 Å². The standard InChI is InChI=1S/C31H39P2/c1-25(32(26-15-6-2-7-16-26)27-17-8-3-9-18-27)30-23-14-24-31(30)33(28-19-10-4-11-20-28)29-21-12-5-13-22-29/h2-3,6-9,14-18,23-25,28-29H,4-5,10-13,19-22H2,1H3. The molecule has 0 bridgehead atoms. The Kier molecular flexibility index (Phi) is 8.60. The Bertz CT molecular complexity index is 765. The SMILES string of the molecule is CC([C]1[CH][CH][CH][C]1P(C1CCCCC1)C1CCCCC1)P(c1ccccc1)c1ccccc1. The summed E-state index contributed by atoms with van der Waals surface area (Å²) in [6.07, 6.45) is 22.1. The minimum Gasteiger partial charge on any atom is -0.0921 e. The lowest BCUT2D eigenvalue weighted by Crippen LogP contribution is -2.30. The predicted octanol–water partition coefficient (Wildman–Crippen LogP) is 8.39. The molecule has 2 aromatic rings. The van der Waals surface area contributed by atoms with E-state index in [1.54, 1.807) is 11.6 Å². The van der Waals surface area contributed by atoms with E-state index in [2.05, 4.69) is 86.8 Å². The van der Waals surface area contributed by atoms with E-state index < -0.39 is 7.92 Å². The molecule has 3 aliphatic carbocycles. The maximum Gasteiger partial charge on any atom is 0.0120 e.